The molecule has 1 aromatic carbocycles. The topological polar surface area (TPSA) is 123 Å². The maximum atomic E-state index is 13.7. The van der Waals surface area contributed by atoms with E-state index in [2.05, 4.69) is 14.2 Å². The molecule has 0 unspecified atom stereocenters. The first-order chi connectivity index (χ1) is 16.7. The first-order valence-corrected chi connectivity index (χ1v) is 9.68. The number of ether oxygens (including phenoxy) is 3. The number of aryl methyl sites for hydroxylation is 1. The van der Waals surface area contributed by atoms with Crippen LogP contribution in [-0.4, -0.2) is 67.7 Å². The zero-order valence-electron chi connectivity index (χ0n) is 18.9. The molecule has 3 N–H and O–H groups in total. The van der Waals surface area contributed by atoms with Gasteiger partial charge in [-0.1, -0.05) is 12.1 Å². The number of rotatable bonds is 8. The lowest BCUT2D eigenvalue weighted by Crippen LogP contribution is -2.67. The number of hydrogen-bond acceptors (Lipinski definition) is 7. The summed E-state index contributed by atoms with van der Waals surface area (Å²) in [4.78, 5) is 35.9. The zero-order valence-corrected chi connectivity index (χ0v) is 18.9. The van der Waals surface area contributed by atoms with Gasteiger partial charge in [0.1, 0.15) is 6.61 Å². The van der Waals surface area contributed by atoms with Crippen LogP contribution in [0, 0.1) is 6.92 Å². The average Bonchev–Trinajstić information content (AvgIpc) is 2.74. The number of hydrogen-bond donors (Lipinski definition) is 3. The Balaban J connectivity index is 3.39. The van der Waals surface area contributed by atoms with Crippen LogP contribution >= 0.6 is 0 Å². The second-order valence-corrected chi connectivity index (χ2v) is 7.11. The van der Waals surface area contributed by atoms with Crippen LogP contribution in [0.4, 0.5) is 50.0 Å². The molecule has 0 aliphatic rings. The van der Waals surface area contributed by atoms with Gasteiger partial charge in [0.25, 0.3) is 5.60 Å². The molecule has 210 valence electrons. The fraction of sp³-hybridized carbons (Fsp3) is 0.526. The van der Waals surface area contributed by atoms with Crippen molar-refractivity contribution < 1.29 is 73.2 Å². The number of esters is 2. The van der Waals surface area contributed by atoms with Crippen molar-refractivity contribution in [3.8, 4) is 0 Å². The summed E-state index contributed by atoms with van der Waals surface area (Å²) in [7, 11) is 0.559. The van der Waals surface area contributed by atoms with E-state index in [1.54, 1.807) is 5.32 Å². The van der Waals surface area contributed by atoms with Gasteiger partial charge in [0.2, 0.25) is 0 Å². The number of alkyl halides is 9. The Bertz CT molecular complexity index is 1010. The van der Waals surface area contributed by atoms with E-state index in [4.69, 9.17) is 0 Å². The molecule has 18 heteroatoms. The quantitative estimate of drug-likeness (QED) is 0.254. The maximum absolute atomic E-state index is 13.7. The smallest absolute Gasteiger partial charge is 0.448 e. The third-order valence-electron chi connectivity index (χ3n) is 4.49. The lowest BCUT2D eigenvalue weighted by Gasteiger charge is -2.33. The lowest BCUT2D eigenvalue weighted by molar-refractivity contribution is -0.305. The highest BCUT2D eigenvalue weighted by Gasteiger charge is 2.66. The number of methoxy groups -OCH3 is 1. The van der Waals surface area contributed by atoms with Crippen LogP contribution < -0.4 is 10.6 Å². The molecule has 0 fully saturated rings. The van der Waals surface area contributed by atoms with Crippen LogP contribution in [0.2, 0.25) is 0 Å². The number of nitrogens with one attached hydrogen (secondary N) is 2. The molecule has 2 amide bonds. The maximum Gasteiger partial charge on any atom is 0.448 e. The van der Waals surface area contributed by atoms with E-state index >= 15 is 0 Å². The fourth-order valence-electron chi connectivity index (χ4n) is 2.72. The van der Waals surface area contributed by atoms with Gasteiger partial charge in [-0.2, -0.15) is 39.5 Å². The highest BCUT2D eigenvalue weighted by molar-refractivity contribution is 5.95. The number of urea groups is 1. The van der Waals surface area contributed by atoms with Gasteiger partial charge in [-0.3, -0.25) is 5.32 Å². The minimum Gasteiger partial charge on any atom is -0.466 e. The number of carbonyl (C=O) groups is 3. The van der Waals surface area contributed by atoms with Crippen LogP contribution in [0.1, 0.15) is 18.1 Å². The van der Waals surface area contributed by atoms with Crippen LogP contribution in [0.25, 0.3) is 0 Å². The molecule has 0 saturated heterocycles. The monoisotopic (exact) mass is 558 g/mol. The summed E-state index contributed by atoms with van der Waals surface area (Å²) in [6.07, 6.45) is -16.9. The summed E-state index contributed by atoms with van der Waals surface area (Å²) in [6, 6.07) is -0.361. The molecule has 0 spiro atoms. The van der Waals surface area contributed by atoms with E-state index in [0.29, 0.717) is 25.3 Å². The largest absolute Gasteiger partial charge is 0.466 e. The number of amides is 2. The van der Waals surface area contributed by atoms with E-state index in [-0.39, 0.29) is 5.56 Å². The molecule has 0 aliphatic carbocycles. The van der Waals surface area contributed by atoms with E-state index in [1.807, 2.05) is 0 Å². The van der Waals surface area contributed by atoms with Crippen molar-refractivity contribution in [2.75, 3.05) is 25.6 Å². The van der Waals surface area contributed by atoms with Gasteiger partial charge < -0.3 is 24.6 Å². The first-order valence-electron chi connectivity index (χ1n) is 9.68. The minimum absolute atomic E-state index is 0.371. The van der Waals surface area contributed by atoms with Crippen LogP contribution in [0.3, 0.4) is 0 Å². The van der Waals surface area contributed by atoms with Crippen LogP contribution in [-0.2, 0) is 29.4 Å². The first kappa shape index (κ1) is 31.7. The molecule has 2 atom stereocenters. The molecule has 0 heterocycles. The fourth-order valence-corrected chi connectivity index (χ4v) is 2.72. The molecule has 0 bridgehead atoms. The van der Waals surface area contributed by atoms with Gasteiger partial charge in [0, 0.05) is 11.3 Å². The third kappa shape index (κ3) is 6.94. The van der Waals surface area contributed by atoms with Gasteiger partial charge in [-0.25, -0.2) is 14.4 Å². The van der Waals surface area contributed by atoms with Gasteiger partial charge in [0.15, 0.2) is 0 Å². The van der Waals surface area contributed by atoms with E-state index in [1.165, 1.54) is 0 Å². The molecule has 37 heavy (non-hydrogen) atoms. The third-order valence-corrected chi connectivity index (χ3v) is 4.49. The zero-order chi connectivity index (χ0) is 29.0. The lowest BCUT2D eigenvalue weighted by atomic mass is 9.91. The second kappa shape index (κ2) is 11.0. The minimum atomic E-state index is -5.98. The molecule has 1 aromatic rings. The molecule has 0 saturated carbocycles. The molecule has 0 aliphatic heterocycles. The molecule has 1 rings (SSSR count). The molecule has 0 radical (unpaired) electrons. The van der Waals surface area contributed by atoms with Crippen molar-refractivity contribution in [3.63, 3.8) is 0 Å². The van der Waals surface area contributed by atoms with Crippen LogP contribution in [0.15, 0.2) is 18.2 Å². The Labute approximate surface area is 201 Å². The molecule has 0 aromatic heterocycles. The molecular weight excluding hydrogens is 539 g/mol. The Morgan fingerprint density at radius 2 is 1.51 bits per heavy atom. The van der Waals surface area contributed by atoms with Crippen molar-refractivity contribution in [2.45, 2.75) is 43.7 Å². The van der Waals surface area contributed by atoms with E-state index in [0.717, 1.165) is 19.2 Å². The predicted octanol–water partition coefficient (Wildman–Crippen LogP) is 3.44. The van der Waals surface area contributed by atoms with Crippen molar-refractivity contribution in [3.05, 3.63) is 29.3 Å². The Hall–Kier alpha value is -3.28. The number of halogens is 9. The number of benzene rings is 1. The summed E-state index contributed by atoms with van der Waals surface area (Å²) in [6.45, 7) is -1.37. The molecule has 9 nitrogen and oxygen atoms in total. The summed E-state index contributed by atoms with van der Waals surface area (Å²) in [5.74, 6) is -4.56. The van der Waals surface area contributed by atoms with E-state index in [9.17, 15) is 59.0 Å². The van der Waals surface area contributed by atoms with Gasteiger partial charge >= 0.3 is 42.2 Å². The average molecular weight is 558 g/mol. The molecular formula is C19H19F9N2O7. The second-order valence-electron chi connectivity index (χ2n) is 7.11. The summed E-state index contributed by atoms with van der Waals surface area (Å²) in [5, 5.41) is 12.6. The van der Waals surface area contributed by atoms with Gasteiger partial charge in [-0.05, 0) is 25.5 Å². The summed E-state index contributed by atoms with van der Waals surface area (Å²) < 4.78 is 131. The normalized spacial score (nSPS) is 15.7. The number of aliphatic hydroxyl groups is 1. The van der Waals surface area contributed by atoms with Crippen molar-refractivity contribution in [2.24, 2.45) is 0 Å². The van der Waals surface area contributed by atoms with Gasteiger partial charge in [0.05, 0.1) is 13.7 Å². The summed E-state index contributed by atoms with van der Waals surface area (Å²) >= 11 is 0. The standard InChI is InChI=1S/C19H19F9N2O7/c1-4-36-13(32)17(19(26,27)28,37-8-15(20,21)22)30-14(33)29-11-6-5-10(7-9(11)2)16(34,12(31)35-3)18(23,24)25/h5-7,34H,4,8H2,1-3H3,(H2,29,30,33)/t16-,17+/m0/s1. The van der Waals surface area contributed by atoms with Gasteiger partial charge in [-0.15, -0.1) is 0 Å². The van der Waals surface area contributed by atoms with E-state index < -0.39 is 72.3 Å². The predicted molar refractivity (Wildman–Crippen MR) is 103 cm³/mol. The Kier molecular flexibility index (Phi) is 9.43. The number of anilines is 1. The number of carbonyl (C=O) groups excluding carboxylic acids is 3. The Morgan fingerprint density at radius 3 is 1.92 bits per heavy atom. The van der Waals surface area contributed by atoms with Crippen molar-refractivity contribution in [1.29, 1.82) is 0 Å². The Morgan fingerprint density at radius 1 is 0.946 bits per heavy atom. The summed E-state index contributed by atoms with van der Waals surface area (Å²) in [5.41, 5.74) is -10.8. The van der Waals surface area contributed by atoms with Crippen molar-refractivity contribution in [1.82, 2.24) is 5.32 Å². The highest BCUT2D eigenvalue weighted by Crippen LogP contribution is 2.41. The highest BCUT2D eigenvalue weighted by atomic mass is 19.4. The van der Waals surface area contributed by atoms with Crippen molar-refractivity contribution >= 4 is 23.7 Å². The SMILES string of the molecule is CCOC(=O)[C@@](NC(=O)Nc1ccc([C@](O)(C(=O)OC)C(F)(F)F)cc1C)(OCC(F)(F)F)C(F)(F)F. The van der Waals surface area contributed by atoms with Crippen LogP contribution in [0.5, 0.6) is 0 Å².